The highest BCUT2D eigenvalue weighted by molar-refractivity contribution is 7.21. The molecular weight excluding hydrogens is 282 g/mol. The van der Waals surface area contributed by atoms with Crippen LogP contribution in [-0.4, -0.2) is 10.1 Å². The van der Waals surface area contributed by atoms with Gasteiger partial charge in [0, 0.05) is 5.56 Å². The third-order valence-corrected chi connectivity index (χ3v) is 4.41. The van der Waals surface area contributed by atoms with Crippen molar-refractivity contribution in [1.82, 2.24) is 10.1 Å². The van der Waals surface area contributed by atoms with Gasteiger partial charge in [-0.2, -0.15) is 0 Å². The monoisotopic (exact) mass is 293 g/mol. The second-order valence-electron chi connectivity index (χ2n) is 4.64. The van der Waals surface area contributed by atoms with E-state index in [1.54, 1.807) is 17.5 Å². The molecule has 0 fully saturated rings. The van der Waals surface area contributed by atoms with Gasteiger partial charge in [0.25, 0.3) is 0 Å². The number of rotatable bonds is 2. The summed E-state index contributed by atoms with van der Waals surface area (Å²) >= 11 is 1.66. The van der Waals surface area contributed by atoms with E-state index in [1.807, 2.05) is 42.5 Å². The van der Waals surface area contributed by atoms with Crippen LogP contribution < -0.4 is 5.73 Å². The Morgan fingerprint density at radius 1 is 0.905 bits per heavy atom. The van der Waals surface area contributed by atoms with Gasteiger partial charge in [0.1, 0.15) is 5.01 Å². The van der Waals surface area contributed by atoms with E-state index in [1.165, 1.54) is 4.70 Å². The second kappa shape index (κ2) is 4.71. The van der Waals surface area contributed by atoms with Crippen molar-refractivity contribution in [3.05, 3.63) is 54.7 Å². The number of aromatic nitrogens is 2. The molecule has 0 bridgehead atoms. The zero-order valence-electron chi connectivity index (χ0n) is 11.0. The first kappa shape index (κ1) is 12.1. The summed E-state index contributed by atoms with van der Waals surface area (Å²) in [6.07, 6.45) is 1.64. The van der Waals surface area contributed by atoms with Crippen LogP contribution in [0.15, 0.2) is 59.3 Å². The highest BCUT2D eigenvalue weighted by atomic mass is 32.1. The van der Waals surface area contributed by atoms with Crippen molar-refractivity contribution in [2.24, 2.45) is 0 Å². The van der Waals surface area contributed by atoms with Gasteiger partial charge in [-0.3, -0.25) is 0 Å². The van der Waals surface area contributed by atoms with Crippen LogP contribution in [0.4, 0.5) is 5.88 Å². The molecule has 5 heteroatoms. The summed E-state index contributed by atoms with van der Waals surface area (Å²) in [4.78, 5) is 4.71. The summed E-state index contributed by atoms with van der Waals surface area (Å²) in [6.45, 7) is 0. The van der Waals surface area contributed by atoms with Crippen molar-refractivity contribution in [3.63, 3.8) is 0 Å². The maximum atomic E-state index is 5.85. The molecule has 0 saturated heterocycles. The minimum absolute atomic E-state index is 0.323. The molecular formula is C16H11N3OS. The highest BCUT2D eigenvalue weighted by Crippen LogP contribution is 2.38. The summed E-state index contributed by atoms with van der Waals surface area (Å²) in [5, 5.41) is 4.72. The van der Waals surface area contributed by atoms with Crippen LogP contribution >= 0.6 is 11.3 Å². The average molecular weight is 293 g/mol. The molecule has 2 aromatic heterocycles. The summed E-state index contributed by atoms with van der Waals surface area (Å²) < 4.78 is 6.15. The number of nitrogens with two attached hydrogens (primary N) is 1. The van der Waals surface area contributed by atoms with Crippen molar-refractivity contribution in [1.29, 1.82) is 0 Å². The lowest BCUT2D eigenvalue weighted by Crippen LogP contribution is -1.87. The molecule has 2 N–H and O–H groups in total. The summed E-state index contributed by atoms with van der Waals surface area (Å²) in [7, 11) is 0. The molecule has 4 rings (SSSR count). The molecule has 0 atom stereocenters. The fourth-order valence-electron chi connectivity index (χ4n) is 2.34. The number of hydrogen-bond donors (Lipinski definition) is 1. The first-order valence-electron chi connectivity index (χ1n) is 6.48. The van der Waals surface area contributed by atoms with Gasteiger partial charge in [-0.1, -0.05) is 41.6 Å². The van der Waals surface area contributed by atoms with E-state index in [4.69, 9.17) is 15.2 Å². The predicted octanol–water partition coefficient (Wildman–Crippen LogP) is 4.20. The Morgan fingerprint density at radius 2 is 1.67 bits per heavy atom. The van der Waals surface area contributed by atoms with Gasteiger partial charge in [-0.05, 0) is 17.7 Å². The summed E-state index contributed by atoms with van der Waals surface area (Å²) in [5.41, 5.74) is 9.67. The van der Waals surface area contributed by atoms with Gasteiger partial charge in [-0.15, -0.1) is 11.3 Å². The minimum Gasteiger partial charge on any atom is -0.367 e. The van der Waals surface area contributed by atoms with Crippen LogP contribution in [0.3, 0.4) is 0 Å². The molecule has 2 aromatic carbocycles. The van der Waals surface area contributed by atoms with Crippen LogP contribution in [0, 0.1) is 0 Å². The molecule has 0 aliphatic carbocycles. The quantitative estimate of drug-likeness (QED) is 0.601. The van der Waals surface area contributed by atoms with E-state index in [-0.39, 0.29) is 0 Å². The van der Waals surface area contributed by atoms with E-state index >= 15 is 0 Å². The number of nitrogens with zero attached hydrogens (tertiary/aromatic N) is 2. The summed E-state index contributed by atoms with van der Waals surface area (Å²) in [5.74, 6) is 0.323. The van der Waals surface area contributed by atoms with Crippen LogP contribution in [-0.2, 0) is 0 Å². The Bertz CT molecular complexity index is 893. The number of hydrogen-bond acceptors (Lipinski definition) is 5. The lowest BCUT2D eigenvalue weighted by molar-refractivity contribution is 0.436. The normalized spacial score (nSPS) is 11.0. The smallest absolute Gasteiger partial charge is 0.229 e. The first-order chi connectivity index (χ1) is 10.3. The molecule has 102 valence electrons. The third-order valence-electron chi connectivity index (χ3n) is 3.34. The minimum atomic E-state index is 0.323. The van der Waals surface area contributed by atoms with Gasteiger partial charge < -0.3 is 10.3 Å². The fourth-order valence-corrected chi connectivity index (χ4v) is 3.35. The molecule has 0 unspecified atom stereocenters. The Kier molecular flexibility index (Phi) is 2.72. The maximum absolute atomic E-state index is 5.85. The molecule has 4 aromatic rings. The van der Waals surface area contributed by atoms with Crippen LogP contribution in [0.1, 0.15) is 0 Å². The maximum Gasteiger partial charge on any atom is 0.229 e. The van der Waals surface area contributed by atoms with Gasteiger partial charge in [-0.25, -0.2) is 4.98 Å². The van der Waals surface area contributed by atoms with Gasteiger partial charge >= 0.3 is 0 Å². The standard InChI is InChI=1S/C16H11N3OS/c17-15-12(9-18-20-15)10-5-1-2-6-11(10)16-19-13-7-3-4-8-14(13)21-16/h1-9H,17H2. The molecule has 0 aliphatic rings. The number of thiazole rings is 1. The lowest BCUT2D eigenvalue weighted by Gasteiger charge is -2.04. The van der Waals surface area contributed by atoms with E-state index in [0.29, 0.717) is 5.88 Å². The number of fused-ring (bicyclic) bond motifs is 1. The molecule has 2 heterocycles. The third kappa shape index (κ3) is 1.98. The number of anilines is 1. The highest BCUT2D eigenvalue weighted by Gasteiger charge is 2.15. The molecule has 0 saturated carbocycles. The Morgan fingerprint density at radius 3 is 2.43 bits per heavy atom. The molecule has 0 spiro atoms. The van der Waals surface area contributed by atoms with Gasteiger partial charge in [0.2, 0.25) is 5.88 Å². The van der Waals surface area contributed by atoms with E-state index < -0.39 is 0 Å². The Balaban J connectivity index is 1.95. The van der Waals surface area contributed by atoms with Crippen molar-refractivity contribution < 1.29 is 4.52 Å². The molecule has 21 heavy (non-hydrogen) atoms. The Labute approximate surface area is 124 Å². The zero-order valence-corrected chi connectivity index (χ0v) is 11.8. The number of nitrogen functional groups attached to an aromatic ring is 1. The molecule has 0 amide bonds. The predicted molar refractivity (Wildman–Crippen MR) is 85.0 cm³/mol. The number of benzene rings is 2. The summed E-state index contributed by atoms with van der Waals surface area (Å²) in [6, 6.07) is 16.1. The van der Waals surface area contributed by atoms with E-state index in [2.05, 4.69) is 11.2 Å². The van der Waals surface area contributed by atoms with Crippen LogP contribution in [0.25, 0.3) is 31.9 Å². The zero-order chi connectivity index (χ0) is 14.2. The van der Waals surface area contributed by atoms with Crippen molar-refractivity contribution >= 4 is 27.4 Å². The van der Waals surface area contributed by atoms with Crippen molar-refractivity contribution in [2.45, 2.75) is 0 Å². The molecule has 0 radical (unpaired) electrons. The van der Waals surface area contributed by atoms with Gasteiger partial charge in [0.15, 0.2) is 0 Å². The van der Waals surface area contributed by atoms with Crippen LogP contribution in [0.5, 0.6) is 0 Å². The topological polar surface area (TPSA) is 64.9 Å². The van der Waals surface area contributed by atoms with E-state index in [0.717, 1.165) is 27.2 Å². The van der Waals surface area contributed by atoms with Crippen molar-refractivity contribution in [2.75, 3.05) is 5.73 Å². The van der Waals surface area contributed by atoms with Crippen LogP contribution in [0.2, 0.25) is 0 Å². The number of para-hydroxylation sites is 1. The SMILES string of the molecule is Nc1oncc1-c1ccccc1-c1nc2ccccc2s1. The second-order valence-corrected chi connectivity index (χ2v) is 5.67. The average Bonchev–Trinajstić information content (AvgIpc) is 3.13. The molecule has 0 aliphatic heterocycles. The largest absolute Gasteiger partial charge is 0.367 e. The van der Waals surface area contributed by atoms with Crippen molar-refractivity contribution in [3.8, 4) is 21.7 Å². The lowest BCUT2D eigenvalue weighted by atomic mass is 10.0. The molecule has 4 nitrogen and oxygen atoms in total. The Hall–Kier alpha value is -2.66. The van der Waals surface area contributed by atoms with Gasteiger partial charge in [0.05, 0.1) is 22.0 Å². The van der Waals surface area contributed by atoms with E-state index in [9.17, 15) is 0 Å². The fraction of sp³-hybridized carbons (Fsp3) is 0. The first-order valence-corrected chi connectivity index (χ1v) is 7.30.